The number of aryl methyl sites for hydroxylation is 1. The van der Waals surface area contributed by atoms with Gasteiger partial charge in [0.2, 0.25) is 10.0 Å². The molecule has 3 N–H and O–H groups in total. The number of nitrogens with two attached hydrogens (primary N) is 1. The normalized spacial score (nSPS) is 11.8. The first kappa shape index (κ1) is 16.2. The summed E-state index contributed by atoms with van der Waals surface area (Å²) in [4.78, 5) is 0.223. The molecule has 5 nitrogen and oxygen atoms in total. The first-order valence-corrected chi connectivity index (χ1v) is 8.65. The van der Waals surface area contributed by atoms with E-state index in [4.69, 9.17) is 10.2 Å². The van der Waals surface area contributed by atoms with Crippen molar-refractivity contribution in [2.75, 3.05) is 0 Å². The van der Waals surface area contributed by atoms with Crippen molar-refractivity contribution in [3.63, 3.8) is 0 Å². The third-order valence-electron chi connectivity index (χ3n) is 3.11. The number of rotatable bonds is 5. The Balaban J connectivity index is 2.29. The van der Waals surface area contributed by atoms with E-state index in [1.165, 1.54) is 0 Å². The number of sulfonamides is 1. The van der Waals surface area contributed by atoms with Crippen LogP contribution >= 0.6 is 15.9 Å². The summed E-state index contributed by atoms with van der Waals surface area (Å²) in [5.41, 5.74) is 7.00. The predicted molar refractivity (Wildman–Crippen MR) is 84.2 cm³/mol. The van der Waals surface area contributed by atoms with Gasteiger partial charge in [0.05, 0.1) is 11.4 Å². The van der Waals surface area contributed by atoms with Gasteiger partial charge in [-0.25, -0.2) is 13.1 Å². The number of nitrogens with one attached hydrogen (secondary N) is 1. The van der Waals surface area contributed by atoms with Gasteiger partial charge in [0, 0.05) is 11.0 Å². The largest absolute Gasteiger partial charge is 0.465 e. The SMILES string of the molecule is Cc1ccc(CNS(=O)(=O)c2cc(CN)cc(Br)c2C)o1. The van der Waals surface area contributed by atoms with Crippen LogP contribution in [0.15, 0.2) is 38.1 Å². The molecule has 2 aromatic rings. The fourth-order valence-corrected chi connectivity index (χ4v) is 3.87. The number of hydrogen-bond donors (Lipinski definition) is 2. The van der Waals surface area contributed by atoms with Crippen molar-refractivity contribution in [2.24, 2.45) is 5.73 Å². The molecule has 1 heterocycles. The summed E-state index contributed by atoms with van der Waals surface area (Å²) < 4.78 is 33.5. The van der Waals surface area contributed by atoms with Crippen molar-refractivity contribution in [2.45, 2.75) is 31.8 Å². The van der Waals surface area contributed by atoms with Crippen molar-refractivity contribution < 1.29 is 12.8 Å². The Labute approximate surface area is 132 Å². The van der Waals surface area contributed by atoms with E-state index in [9.17, 15) is 8.42 Å². The smallest absolute Gasteiger partial charge is 0.241 e. The number of furan rings is 1. The van der Waals surface area contributed by atoms with Gasteiger partial charge in [0.25, 0.3) is 0 Å². The van der Waals surface area contributed by atoms with Gasteiger partial charge in [0.1, 0.15) is 11.5 Å². The highest BCUT2D eigenvalue weighted by Crippen LogP contribution is 2.25. The summed E-state index contributed by atoms with van der Waals surface area (Å²) in [5.74, 6) is 1.32. The van der Waals surface area contributed by atoms with Gasteiger partial charge in [-0.05, 0) is 49.2 Å². The molecule has 0 atom stereocenters. The Morgan fingerprint density at radius 2 is 2.00 bits per heavy atom. The van der Waals surface area contributed by atoms with Gasteiger partial charge in [-0.3, -0.25) is 0 Å². The maximum absolute atomic E-state index is 12.4. The molecule has 0 amide bonds. The van der Waals surface area contributed by atoms with Crippen LogP contribution in [0.5, 0.6) is 0 Å². The first-order chi connectivity index (χ1) is 9.83. The molecular weight excluding hydrogens is 356 g/mol. The number of halogens is 1. The summed E-state index contributed by atoms with van der Waals surface area (Å²) in [6.07, 6.45) is 0. The lowest BCUT2D eigenvalue weighted by molar-refractivity contribution is 0.475. The zero-order chi connectivity index (χ0) is 15.6. The third-order valence-corrected chi connectivity index (χ3v) is 5.47. The second kappa shape index (κ2) is 6.31. The van der Waals surface area contributed by atoms with Crippen molar-refractivity contribution in [1.29, 1.82) is 0 Å². The Hall–Kier alpha value is -1.15. The van der Waals surface area contributed by atoms with Crippen molar-refractivity contribution in [3.8, 4) is 0 Å². The summed E-state index contributed by atoms with van der Waals surface area (Å²) in [5, 5.41) is 0. The van der Waals surface area contributed by atoms with Gasteiger partial charge in [-0.1, -0.05) is 15.9 Å². The Bertz CT molecular complexity index is 754. The lowest BCUT2D eigenvalue weighted by Gasteiger charge is -2.12. The van der Waals surface area contributed by atoms with Crippen molar-refractivity contribution in [3.05, 3.63) is 51.4 Å². The molecule has 7 heteroatoms. The number of hydrogen-bond acceptors (Lipinski definition) is 4. The average Bonchev–Trinajstić information content (AvgIpc) is 2.85. The monoisotopic (exact) mass is 372 g/mol. The molecule has 0 aliphatic rings. The molecule has 0 saturated carbocycles. The third kappa shape index (κ3) is 3.74. The summed E-state index contributed by atoms with van der Waals surface area (Å²) in [6.45, 7) is 3.94. The van der Waals surface area contributed by atoms with E-state index in [0.29, 0.717) is 11.3 Å². The van der Waals surface area contributed by atoms with Gasteiger partial charge in [-0.2, -0.15) is 0 Å². The zero-order valence-electron chi connectivity index (χ0n) is 11.8. The quantitative estimate of drug-likeness (QED) is 0.844. The Morgan fingerprint density at radius 1 is 1.29 bits per heavy atom. The maximum Gasteiger partial charge on any atom is 0.241 e. The molecule has 0 radical (unpaired) electrons. The molecule has 114 valence electrons. The fourth-order valence-electron chi connectivity index (χ4n) is 1.93. The van der Waals surface area contributed by atoms with Gasteiger partial charge in [0.15, 0.2) is 0 Å². The Morgan fingerprint density at radius 3 is 2.57 bits per heavy atom. The van der Waals surface area contributed by atoms with Crippen LogP contribution in [0.25, 0.3) is 0 Å². The number of benzene rings is 1. The van der Waals surface area contributed by atoms with E-state index in [-0.39, 0.29) is 18.0 Å². The summed E-state index contributed by atoms with van der Waals surface area (Å²) in [7, 11) is -3.63. The molecule has 0 bridgehead atoms. The molecule has 0 saturated heterocycles. The molecule has 1 aromatic carbocycles. The van der Waals surface area contributed by atoms with Crippen LogP contribution in [0.1, 0.15) is 22.6 Å². The highest BCUT2D eigenvalue weighted by atomic mass is 79.9. The van der Waals surface area contributed by atoms with Crippen LogP contribution in [0.4, 0.5) is 0 Å². The van der Waals surface area contributed by atoms with Crippen LogP contribution in [0, 0.1) is 13.8 Å². The van der Waals surface area contributed by atoms with Crippen molar-refractivity contribution >= 4 is 26.0 Å². The maximum atomic E-state index is 12.4. The fraction of sp³-hybridized carbons (Fsp3) is 0.286. The zero-order valence-corrected chi connectivity index (χ0v) is 14.2. The molecule has 0 spiro atoms. The van der Waals surface area contributed by atoms with Crippen LogP contribution in [-0.4, -0.2) is 8.42 Å². The van der Waals surface area contributed by atoms with E-state index in [0.717, 1.165) is 15.8 Å². The molecule has 2 rings (SSSR count). The van der Waals surface area contributed by atoms with Crippen molar-refractivity contribution in [1.82, 2.24) is 4.72 Å². The van der Waals surface area contributed by atoms with E-state index in [2.05, 4.69) is 20.7 Å². The molecule has 1 aromatic heterocycles. The topological polar surface area (TPSA) is 85.3 Å². The minimum Gasteiger partial charge on any atom is -0.465 e. The summed E-state index contributed by atoms with van der Waals surface area (Å²) >= 11 is 3.36. The lowest BCUT2D eigenvalue weighted by atomic mass is 10.1. The molecule has 0 aliphatic carbocycles. The van der Waals surface area contributed by atoms with E-state index >= 15 is 0 Å². The Kier molecular flexibility index (Phi) is 4.88. The predicted octanol–water partition coefficient (Wildman–Crippen LogP) is 2.60. The standard InChI is InChI=1S/C14H17BrN2O3S/c1-9-3-4-12(20-9)8-17-21(18,19)14-6-11(7-16)5-13(15)10(14)2/h3-6,17H,7-8,16H2,1-2H3. The second-order valence-corrected chi connectivity index (χ2v) is 7.33. The van der Waals surface area contributed by atoms with Crippen LogP contribution in [0.3, 0.4) is 0 Å². The molecule has 0 aliphatic heterocycles. The minimum atomic E-state index is -3.63. The van der Waals surface area contributed by atoms with E-state index in [1.807, 2.05) is 13.0 Å². The highest BCUT2D eigenvalue weighted by Gasteiger charge is 2.19. The molecule has 21 heavy (non-hydrogen) atoms. The van der Waals surface area contributed by atoms with Gasteiger partial charge < -0.3 is 10.2 Å². The van der Waals surface area contributed by atoms with Crippen LogP contribution < -0.4 is 10.5 Å². The first-order valence-electron chi connectivity index (χ1n) is 6.37. The van der Waals surface area contributed by atoms with E-state index in [1.54, 1.807) is 25.1 Å². The molecular formula is C14H17BrN2O3S. The second-order valence-electron chi connectivity index (χ2n) is 4.74. The van der Waals surface area contributed by atoms with E-state index < -0.39 is 10.0 Å². The highest BCUT2D eigenvalue weighted by molar-refractivity contribution is 9.10. The molecule has 0 fully saturated rings. The lowest BCUT2D eigenvalue weighted by Crippen LogP contribution is -2.24. The van der Waals surface area contributed by atoms with Gasteiger partial charge in [-0.15, -0.1) is 0 Å². The van der Waals surface area contributed by atoms with Gasteiger partial charge >= 0.3 is 0 Å². The van der Waals surface area contributed by atoms with Crippen LogP contribution in [-0.2, 0) is 23.1 Å². The van der Waals surface area contributed by atoms with Crippen LogP contribution in [0.2, 0.25) is 0 Å². The molecule has 0 unspecified atom stereocenters. The average molecular weight is 373 g/mol. The minimum absolute atomic E-state index is 0.111. The summed E-state index contributed by atoms with van der Waals surface area (Å²) in [6, 6.07) is 6.96.